The Labute approximate surface area is 238 Å². The van der Waals surface area contributed by atoms with Crippen molar-refractivity contribution in [2.24, 2.45) is 7.05 Å². The van der Waals surface area contributed by atoms with Crippen molar-refractivity contribution in [1.82, 2.24) is 20.0 Å². The number of carbonyl (C=O) groups excluding carboxylic acids is 3. The van der Waals surface area contributed by atoms with Crippen LogP contribution in [0.3, 0.4) is 0 Å². The number of amides is 3. The highest BCUT2D eigenvalue weighted by Crippen LogP contribution is 2.42. The quantitative estimate of drug-likeness (QED) is 0.212. The van der Waals surface area contributed by atoms with Gasteiger partial charge in [-0.15, -0.1) is 11.3 Å². The highest BCUT2D eigenvalue weighted by Gasteiger charge is 2.40. The van der Waals surface area contributed by atoms with Crippen LogP contribution in [-0.4, -0.2) is 45.0 Å². The Bertz CT molecular complexity index is 1660. The zero-order valence-corrected chi connectivity index (χ0v) is 22.4. The molecule has 0 aliphatic carbocycles. The van der Waals surface area contributed by atoms with Gasteiger partial charge in [0.2, 0.25) is 0 Å². The van der Waals surface area contributed by atoms with Gasteiger partial charge in [-0.25, -0.2) is 0 Å². The minimum atomic E-state index is -4.81. The van der Waals surface area contributed by atoms with Crippen LogP contribution in [-0.2, 0) is 25.8 Å². The Morgan fingerprint density at radius 1 is 0.905 bits per heavy atom. The van der Waals surface area contributed by atoms with E-state index in [0.29, 0.717) is 0 Å². The predicted molar refractivity (Wildman–Crippen MR) is 140 cm³/mol. The van der Waals surface area contributed by atoms with E-state index >= 15 is 0 Å². The summed E-state index contributed by atoms with van der Waals surface area (Å²) < 4.78 is 84.1. The van der Waals surface area contributed by atoms with Gasteiger partial charge in [0.15, 0.2) is 0 Å². The topological polar surface area (TPSA) is 84.3 Å². The molecular weight excluding hydrogens is 586 g/mol. The number of hydrogen-bond donors (Lipinski definition) is 1. The second-order valence-electron chi connectivity index (χ2n) is 9.49. The third-order valence-electron chi connectivity index (χ3n) is 6.72. The molecule has 1 atom stereocenters. The standard InChI is InChI=1S/C28H20F6N4O3S/c1-37-21(10-11-35-37)19-13-22(42-23(19)28(32,33)34)24(39)36-16(12-15-6-2-5-9-20(15)27(29,30)31)14-38-25(40)17-7-3-4-8-18(17)26(38)41/h2-11,13,16H,12,14H2,1H3,(H,36,39)/t16-/m0/s1. The molecule has 42 heavy (non-hydrogen) atoms. The molecule has 2 aromatic heterocycles. The van der Waals surface area contributed by atoms with E-state index in [2.05, 4.69) is 10.4 Å². The SMILES string of the molecule is Cn1nccc1-c1cc(C(=O)N[C@@H](Cc2ccccc2C(F)(F)F)CN2C(=O)c3ccccc3C2=O)sc1C(F)(F)F. The van der Waals surface area contributed by atoms with Crippen LogP contribution in [0.2, 0.25) is 0 Å². The highest BCUT2D eigenvalue weighted by atomic mass is 32.1. The summed E-state index contributed by atoms with van der Waals surface area (Å²) in [5.41, 5.74) is -1.23. The second kappa shape index (κ2) is 10.7. The molecule has 14 heteroatoms. The molecule has 0 unspecified atom stereocenters. The maximum Gasteiger partial charge on any atom is 0.426 e. The number of thiophene rings is 1. The lowest BCUT2D eigenvalue weighted by molar-refractivity contribution is -0.138. The first-order valence-corrected chi connectivity index (χ1v) is 13.2. The number of benzene rings is 2. The van der Waals surface area contributed by atoms with Gasteiger partial charge in [0, 0.05) is 25.4 Å². The number of alkyl halides is 6. The monoisotopic (exact) mass is 606 g/mol. The lowest BCUT2D eigenvalue weighted by Crippen LogP contribution is -2.47. The Hall–Kier alpha value is -4.46. The second-order valence-corrected chi connectivity index (χ2v) is 10.5. The fourth-order valence-corrected chi connectivity index (χ4v) is 5.76. The Morgan fingerprint density at radius 3 is 2.10 bits per heavy atom. The summed E-state index contributed by atoms with van der Waals surface area (Å²) in [6.45, 7) is -0.517. The molecule has 218 valence electrons. The average molecular weight is 607 g/mol. The molecule has 4 aromatic rings. The molecule has 1 N–H and O–H groups in total. The molecule has 0 saturated heterocycles. The van der Waals surface area contributed by atoms with E-state index in [1.807, 2.05) is 0 Å². The Kier molecular flexibility index (Phi) is 7.43. The Morgan fingerprint density at radius 2 is 1.52 bits per heavy atom. The molecule has 3 heterocycles. The van der Waals surface area contributed by atoms with Gasteiger partial charge in [-0.2, -0.15) is 31.4 Å². The number of imide groups is 1. The molecule has 0 saturated carbocycles. The lowest BCUT2D eigenvalue weighted by atomic mass is 9.99. The molecule has 3 amide bonds. The van der Waals surface area contributed by atoms with E-state index in [1.54, 1.807) is 12.1 Å². The number of aryl methyl sites for hydroxylation is 1. The maximum absolute atomic E-state index is 13.9. The molecule has 2 aromatic carbocycles. The van der Waals surface area contributed by atoms with Crippen LogP contribution in [0.1, 0.15) is 46.4 Å². The maximum atomic E-state index is 13.9. The van der Waals surface area contributed by atoms with Crippen LogP contribution < -0.4 is 5.32 Å². The van der Waals surface area contributed by atoms with Crippen molar-refractivity contribution >= 4 is 29.1 Å². The number of fused-ring (bicyclic) bond motifs is 1. The van der Waals surface area contributed by atoms with E-state index in [-0.39, 0.29) is 44.2 Å². The minimum Gasteiger partial charge on any atom is -0.346 e. The van der Waals surface area contributed by atoms with E-state index in [1.165, 1.54) is 54.3 Å². The van der Waals surface area contributed by atoms with Crippen molar-refractivity contribution in [2.75, 3.05) is 6.54 Å². The fraction of sp³-hybridized carbons (Fsp3) is 0.214. The number of rotatable bonds is 7. The van der Waals surface area contributed by atoms with Crippen molar-refractivity contribution in [3.8, 4) is 11.3 Å². The van der Waals surface area contributed by atoms with Gasteiger partial charge in [0.1, 0.15) is 4.88 Å². The van der Waals surface area contributed by atoms with Crippen molar-refractivity contribution in [3.63, 3.8) is 0 Å². The number of halogens is 6. The first-order valence-electron chi connectivity index (χ1n) is 12.4. The normalized spacial score (nSPS) is 14.3. The zero-order valence-electron chi connectivity index (χ0n) is 21.6. The number of nitrogens with zero attached hydrogens (tertiary/aromatic N) is 3. The number of aromatic nitrogens is 2. The number of hydrogen-bond acceptors (Lipinski definition) is 5. The smallest absolute Gasteiger partial charge is 0.346 e. The molecule has 7 nitrogen and oxygen atoms in total. The van der Waals surface area contributed by atoms with Crippen LogP contribution in [0.25, 0.3) is 11.3 Å². The van der Waals surface area contributed by atoms with E-state index in [0.717, 1.165) is 17.0 Å². The summed E-state index contributed by atoms with van der Waals surface area (Å²) in [5, 5.41) is 6.35. The molecule has 5 rings (SSSR count). The Balaban J connectivity index is 1.49. The molecular formula is C28H20F6N4O3S. The van der Waals surface area contributed by atoms with Gasteiger partial charge in [-0.05, 0) is 42.3 Å². The van der Waals surface area contributed by atoms with E-state index in [4.69, 9.17) is 0 Å². The molecule has 0 spiro atoms. The summed E-state index contributed by atoms with van der Waals surface area (Å²) in [4.78, 5) is 38.7. The molecule has 1 aliphatic rings. The number of carbonyl (C=O) groups is 3. The third kappa shape index (κ3) is 5.53. The van der Waals surface area contributed by atoms with Crippen LogP contribution in [0.5, 0.6) is 0 Å². The van der Waals surface area contributed by atoms with Crippen molar-refractivity contribution in [2.45, 2.75) is 24.8 Å². The fourth-order valence-electron chi connectivity index (χ4n) is 4.83. The van der Waals surface area contributed by atoms with Gasteiger partial charge in [0.25, 0.3) is 17.7 Å². The van der Waals surface area contributed by atoms with Gasteiger partial charge in [-0.1, -0.05) is 30.3 Å². The first-order chi connectivity index (χ1) is 19.8. The zero-order chi connectivity index (χ0) is 30.4. The molecule has 0 radical (unpaired) electrons. The largest absolute Gasteiger partial charge is 0.426 e. The van der Waals surface area contributed by atoms with Crippen LogP contribution in [0, 0.1) is 0 Å². The van der Waals surface area contributed by atoms with Crippen LogP contribution in [0.15, 0.2) is 66.9 Å². The molecule has 0 fully saturated rings. The van der Waals surface area contributed by atoms with Gasteiger partial charge < -0.3 is 5.32 Å². The summed E-state index contributed by atoms with van der Waals surface area (Å²) in [5.74, 6) is -2.41. The van der Waals surface area contributed by atoms with E-state index < -0.39 is 59.5 Å². The first kappa shape index (κ1) is 29.0. The van der Waals surface area contributed by atoms with Crippen molar-refractivity contribution < 1.29 is 40.7 Å². The minimum absolute atomic E-state index is 0.0946. The average Bonchev–Trinajstić information content (AvgIpc) is 3.62. The lowest BCUT2D eigenvalue weighted by Gasteiger charge is -2.25. The van der Waals surface area contributed by atoms with Gasteiger partial charge >= 0.3 is 12.4 Å². The molecule has 1 aliphatic heterocycles. The molecule has 0 bridgehead atoms. The highest BCUT2D eigenvalue weighted by molar-refractivity contribution is 7.14. The van der Waals surface area contributed by atoms with Gasteiger partial charge in [-0.3, -0.25) is 24.0 Å². The summed E-state index contributed by atoms with van der Waals surface area (Å²) in [6.07, 6.45) is -8.73. The summed E-state index contributed by atoms with van der Waals surface area (Å²) >= 11 is 0.165. The summed E-state index contributed by atoms with van der Waals surface area (Å²) in [6, 6.07) is 11.6. The summed E-state index contributed by atoms with van der Waals surface area (Å²) in [7, 11) is 1.43. The van der Waals surface area contributed by atoms with Crippen LogP contribution in [0.4, 0.5) is 26.3 Å². The van der Waals surface area contributed by atoms with Crippen LogP contribution >= 0.6 is 11.3 Å². The number of nitrogens with one attached hydrogen (secondary N) is 1. The third-order valence-corrected chi connectivity index (χ3v) is 7.89. The van der Waals surface area contributed by atoms with E-state index in [9.17, 15) is 40.7 Å². The van der Waals surface area contributed by atoms with Crippen molar-refractivity contribution in [1.29, 1.82) is 0 Å². The predicted octanol–water partition coefficient (Wildman–Crippen LogP) is 5.82. The van der Waals surface area contributed by atoms with Crippen molar-refractivity contribution in [3.05, 3.63) is 98.9 Å². The van der Waals surface area contributed by atoms with Gasteiger partial charge in [0.05, 0.1) is 33.3 Å².